The molecule has 1 saturated heterocycles. The van der Waals surface area contributed by atoms with E-state index in [0.717, 1.165) is 18.6 Å². The smallest absolute Gasteiger partial charge is 0.189 e. The maximum Gasteiger partial charge on any atom is 0.189 e. The van der Waals surface area contributed by atoms with Crippen LogP contribution in [0.15, 0.2) is 17.1 Å². The Hall–Kier alpha value is -1.03. The van der Waals surface area contributed by atoms with Crippen LogP contribution < -0.4 is 11.1 Å². The summed E-state index contributed by atoms with van der Waals surface area (Å²) in [6, 6.07) is 0.372. The number of hydrogen-bond donors (Lipinski definition) is 2. The van der Waals surface area contributed by atoms with Crippen LogP contribution in [0.5, 0.6) is 0 Å². The van der Waals surface area contributed by atoms with Gasteiger partial charge < -0.3 is 15.8 Å². The highest BCUT2D eigenvalue weighted by Crippen LogP contribution is 2.51. The van der Waals surface area contributed by atoms with Gasteiger partial charge in [0.25, 0.3) is 0 Å². The van der Waals surface area contributed by atoms with E-state index in [0.29, 0.717) is 30.6 Å². The van der Waals surface area contributed by atoms with Gasteiger partial charge in [0.2, 0.25) is 0 Å². The predicted molar refractivity (Wildman–Crippen MR) is 74.5 cm³/mol. The fourth-order valence-corrected chi connectivity index (χ4v) is 3.24. The maximum absolute atomic E-state index is 5.93. The molecular weight excluding hydrogens is 226 g/mol. The van der Waals surface area contributed by atoms with Crippen LogP contribution in [-0.4, -0.2) is 31.3 Å². The van der Waals surface area contributed by atoms with E-state index < -0.39 is 0 Å². The van der Waals surface area contributed by atoms with Crippen molar-refractivity contribution in [2.75, 3.05) is 13.2 Å². The first kappa shape index (κ1) is 13.4. The van der Waals surface area contributed by atoms with E-state index in [2.05, 4.69) is 30.7 Å². The molecule has 4 nitrogen and oxygen atoms in total. The van der Waals surface area contributed by atoms with Gasteiger partial charge in [-0.15, -0.1) is 0 Å². The Morgan fingerprint density at radius 2 is 2.28 bits per heavy atom. The van der Waals surface area contributed by atoms with Crippen LogP contribution in [0.4, 0.5) is 0 Å². The molecule has 0 radical (unpaired) electrons. The lowest BCUT2D eigenvalue weighted by molar-refractivity contribution is -0.188. The standard InChI is InChI=1S/C14H25N3O/c1-9(2)8-16-13(15)17-11-10-6-5-7-18-12(10)14(11,3)4/h10-12H,1,5-8H2,2-4H3,(H3,15,16,17). The van der Waals surface area contributed by atoms with E-state index in [1.165, 1.54) is 6.42 Å². The van der Waals surface area contributed by atoms with Gasteiger partial charge in [0.15, 0.2) is 5.96 Å². The zero-order valence-corrected chi connectivity index (χ0v) is 11.7. The van der Waals surface area contributed by atoms with Crippen molar-refractivity contribution >= 4 is 5.96 Å². The van der Waals surface area contributed by atoms with E-state index in [1.54, 1.807) is 0 Å². The number of nitrogens with zero attached hydrogens (tertiary/aromatic N) is 1. The van der Waals surface area contributed by atoms with Crippen LogP contribution in [0.1, 0.15) is 33.6 Å². The summed E-state index contributed by atoms with van der Waals surface area (Å²) in [5.41, 5.74) is 7.09. The number of aliphatic imine (C=N–C) groups is 1. The zero-order chi connectivity index (χ0) is 13.3. The minimum atomic E-state index is 0.133. The zero-order valence-electron chi connectivity index (χ0n) is 11.7. The Balaban J connectivity index is 1.96. The number of hydrogen-bond acceptors (Lipinski definition) is 2. The lowest BCUT2D eigenvalue weighted by atomic mass is 9.55. The molecular formula is C14H25N3O. The molecule has 1 heterocycles. The molecule has 102 valence electrons. The highest BCUT2D eigenvalue weighted by Gasteiger charge is 2.58. The SMILES string of the molecule is C=C(C)CN=C(N)NC1C2CCCOC2C1(C)C. The second kappa shape index (κ2) is 4.92. The van der Waals surface area contributed by atoms with E-state index in [4.69, 9.17) is 10.5 Å². The number of fused-ring (bicyclic) bond motifs is 1. The van der Waals surface area contributed by atoms with Gasteiger partial charge in [-0.05, 0) is 19.8 Å². The highest BCUT2D eigenvalue weighted by atomic mass is 16.5. The lowest BCUT2D eigenvalue weighted by Gasteiger charge is -2.60. The monoisotopic (exact) mass is 251 g/mol. The molecule has 0 bridgehead atoms. The summed E-state index contributed by atoms with van der Waals surface area (Å²) in [7, 11) is 0. The maximum atomic E-state index is 5.93. The quantitative estimate of drug-likeness (QED) is 0.456. The van der Waals surface area contributed by atoms with Crippen LogP contribution in [0, 0.1) is 11.3 Å². The average molecular weight is 251 g/mol. The second-order valence-corrected chi connectivity index (χ2v) is 6.20. The van der Waals surface area contributed by atoms with Gasteiger partial charge in [0.05, 0.1) is 12.6 Å². The summed E-state index contributed by atoms with van der Waals surface area (Å²) >= 11 is 0. The van der Waals surface area contributed by atoms with Gasteiger partial charge in [-0.1, -0.05) is 26.0 Å². The molecule has 1 aliphatic heterocycles. The van der Waals surface area contributed by atoms with Gasteiger partial charge in [0.1, 0.15) is 0 Å². The number of ether oxygens (including phenoxy) is 1. The summed E-state index contributed by atoms with van der Waals surface area (Å²) in [5, 5.41) is 3.37. The predicted octanol–water partition coefficient (Wildman–Crippen LogP) is 1.67. The molecule has 2 aliphatic rings. The molecule has 1 saturated carbocycles. The molecule has 0 aromatic rings. The summed E-state index contributed by atoms with van der Waals surface area (Å²) < 4.78 is 5.87. The largest absolute Gasteiger partial charge is 0.377 e. The van der Waals surface area contributed by atoms with Gasteiger partial charge in [-0.2, -0.15) is 0 Å². The van der Waals surface area contributed by atoms with Crippen molar-refractivity contribution in [1.82, 2.24) is 5.32 Å². The van der Waals surface area contributed by atoms with Crippen LogP contribution in [0.2, 0.25) is 0 Å². The Morgan fingerprint density at radius 1 is 1.56 bits per heavy atom. The molecule has 3 unspecified atom stereocenters. The van der Waals surface area contributed by atoms with Crippen molar-refractivity contribution in [2.24, 2.45) is 22.1 Å². The van der Waals surface area contributed by atoms with E-state index in [-0.39, 0.29) is 5.41 Å². The number of guanidine groups is 1. The third-order valence-corrected chi connectivity index (χ3v) is 4.15. The third-order valence-electron chi connectivity index (χ3n) is 4.15. The molecule has 4 heteroatoms. The minimum Gasteiger partial charge on any atom is -0.377 e. The van der Waals surface area contributed by atoms with Crippen molar-refractivity contribution in [3.8, 4) is 0 Å². The molecule has 2 fully saturated rings. The first-order valence-corrected chi connectivity index (χ1v) is 6.75. The first-order chi connectivity index (χ1) is 8.43. The van der Waals surface area contributed by atoms with E-state index in [9.17, 15) is 0 Å². The Bertz CT molecular complexity index is 362. The van der Waals surface area contributed by atoms with Gasteiger partial charge in [-0.25, -0.2) is 4.99 Å². The molecule has 0 aromatic heterocycles. The normalized spacial score (nSPS) is 34.4. The fourth-order valence-electron chi connectivity index (χ4n) is 3.24. The summed E-state index contributed by atoms with van der Waals surface area (Å²) in [5.74, 6) is 1.10. The summed E-state index contributed by atoms with van der Waals surface area (Å²) in [6.45, 7) is 11.7. The molecule has 3 N–H and O–H groups in total. The van der Waals surface area contributed by atoms with Crippen molar-refractivity contribution in [2.45, 2.75) is 45.8 Å². The van der Waals surface area contributed by atoms with Crippen molar-refractivity contribution in [3.63, 3.8) is 0 Å². The van der Waals surface area contributed by atoms with Crippen molar-refractivity contribution in [1.29, 1.82) is 0 Å². The fraction of sp³-hybridized carbons (Fsp3) is 0.786. The topological polar surface area (TPSA) is 59.6 Å². The molecule has 2 rings (SSSR count). The molecule has 1 aliphatic carbocycles. The van der Waals surface area contributed by atoms with Gasteiger partial charge >= 0.3 is 0 Å². The molecule has 18 heavy (non-hydrogen) atoms. The van der Waals surface area contributed by atoms with E-state index in [1.807, 2.05) is 6.92 Å². The highest BCUT2D eigenvalue weighted by molar-refractivity contribution is 5.78. The Morgan fingerprint density at radius 3 is 2.94 bits per heavy atom. The molecule has 0 spiro atoms. The summed E-state index contributed by atoms with van der Waals surface area (Å²) in [4.78, 5) is 4.29. The van der Waals surface area contributed by atoms with Crippen LogP contribution in [0.3, 0.4) is 0 Å². The Kier molecular flexibility index (Phi) is 3.66. The number of nitrogens with two attached hydrogens (primary N) is 1. The van der Waals surface area contributed by atoms with Crippen molar-refractivity contribution < 1.29 is 4.74 Å². The van der Waals surface area contributed by atoms with E-state index >= 15 is 0 Å². The number of rotatable bonds is 3. The summed E-state index contributed by atoms with van der Waals surface area (Å²) in [6.07, 6.45) is 2.75. The van der Waals surface area contributed by atoms with Crippen LogP contribution in [0.25, 0.3) is 0 Å². The average Bonchev–Trinajstić information content (AvgIpc) is 2.33. The molecule has 0 amide bonds. The Labute approximate surface area is 110 Å². The lowest BCUT2D eigenvalue weighted by Crippen LogP contribution is -2.70. The molecule has 3 atom stereocenters. The van der Waals surface area contributed by atoms with Crippen molar-refractivity contribution in [3.05, 3.63) is 12.2 Å². The second-order valence-electron chi connectivity index (χ2n) is 6.20. The van der Waals surface area contributed by atoms with Gasteiger partial charge in [0, 0.05) is 24.0 Å². The first-order valence-electron chi connectivity index (χ1n) is 6.75. The van der Waals surface area contributed by atoms with Gasteiger partial charge in [-0.3, -0.25) is 0 Å². The van der Waals surface area contributed by atoms with Crippen LogP contribution in [-0.2, 0) is 4.74 Å². The van der Waals surface area contributed by atoms with Crippen LogP contribution >= 0.6 is 0 Å². The third kappa shape index (κ3) is 2.39. The number of nitrogens with one attached hydrogen (secondary N) is 1. The minimum absolute atomic E-state index is 0.133. The molecule has 0 aromatic carbocycles.